The molecule has 0 aliphatic heterocycles. The van der Waals surface area contributed by atoms with Gasteiger partial charge in [-0.3, -0.25) is 0 Å². The predicted molar refractivity (Wildman–Crippen MR) is 66.1 cm³/mol. The summed E-state index contributed by atoms with van der Waals surface area (Å²) in [6.07, 6.45) is 2.07. The molecule has 4 atom stereocenters. The molecule has 1 N–H and O–H groups in total. The molecule has 4 heteroatoms. The maximum absolute atomic E-state index is 10.4. The lowest BCUT2D eigenvalue weighted by Gasteiger charge is -2.44. The number of alkyl halides is 2. The van der Waals surface area contributed by atoms with Crippen LogP contribution < -0.4 is 0 Å². The lowest BCUT2D eigenvalue weighted by Crippen LogP contribution is -2.46. The van der Waals surface area contributed by atoms with E-state index in [9.17, 15) is 5.11 Å². The Labute approximate surface area is 107 Å². The summed E-state index contributed by atoms with van der Waals surface area (Å²) in [5, 5.41) is 19.4. The zero-order valence-electron chi connectivity index (χ0n) is 8.93. The standard InChI is InChI=1S/C11H15Br2NO/c1-9(2)8(15)11(13)4-3-10(9,5-6-14)7(11)12/h7-8,15H,3-5H2,1-2H3/t7-,8+,10+,11-/m1/s1. The molecule has 0 spiro atoms. The lowest BCUT2D eigenvalue weighted by atomic mass is 9.62. The highest BCUT2D eigenvalue weighted by Crippen LogP contribution is 2.72. The number of halogens is 2. The van der Waals surface area contributed by atoms with Crippen molar-refractivity contribution >= 4 is 31.9 Å². The van der Waals surface area contributed by atoms with Crippen LogP contribution in [0.1, 0.15) is 33.1 Å². The van der Waals surface area contributed by atoms with Crippen molar-refractivity contribution in [3.8, 4) is 6.07 Å². The van der Waals surface area contributed by atoms with E-state index in [0.717, 1.165) is 12.8 Å². The summed E-state index contributed by atoms with van der Waals surface area (Å²) in [4.78, 5) is 0.183. The van der Waals surface area contributed by atoms with Gasteiger partial charge in [0, 0.05) is 16.7 Å². The number of aliphatic hydroxyl groups excluding tert-OH is 1. The van der Waals surface area contributed by atoms with Crippen molar-refractivity contribution in [2.24, 2.45) is 10.8 Å². The SMILES string of the molecule is CC1(C)[C@H](O)[C@@]2(Br)CC[C@]1(CC#N)[C@H]2Br. The van der Waals surface area contributed by atoms with Crippen molar-refractivity contribution in [1.82, 2.24) is 0 Å². The number of aliphatic hydroxyl groups is 1. The zero-order chi connectivity index (χ0) is 11.5. The summed E-state index contributed by atoms with van der Waals surface area (Å²) in [5.41, 5.74) is -0.302. The maximum Gasteiger partial charge on any atom is 0.0761 e. The van der Waals surface area contributed by atoms with Gasteiger partial charge in [0.2, 0.25) is 0 Å². The van der Waals surface area contributed by atoms with E-state index in [1.165, 1.54) is 0 Å². The molecule has 2 aliphatic rings. The highest BCUT2D eigenvalue weighted by Gasteiger charge is 2.73. The first-order chi connectivity index (χ1) is 6.83. The van der Waals surface area contributed by atoms with Gasteiger partial charge in [0.15, 0.2) is 0 Å². The van der Waals surface area contributed by atoms with Crippen LogP contribution in [0.5, 0.6) is 0 Å². The Bertz CT molecular complexity index is 338. The lowest BCUT2D eigenvalue weighted by molar-refractivity contribution is -0.0276. The normalized spacial score (nSPS) is 51.7. The van der Waals surface area contributed by atoms with Crippen molar-refractivity contribution in [3.63, 3.8) is 0 Å². The molecule has 2 aliphatic carbocycles. The van der Waals surface area contributed by atoms with Crippen LogP contribution in [0.15, 0.2) is 0 Å². The van der Waals surface area contributed by atoms with Gasteiger partial charge in [-0.1, -0.05) is 45.7 Å². The van der Waals surface area contributed by atoms with Crippen molar-refractivity contribution in [2.45, 2.75) is 48.4 Å². The fraction of sp³-hybridized carbons (Fsp3) is 0.909. The molecule has 2 bridgehead atoms. The minimum Gasteiger partial charge on any atom is -0.391 e. The van der Waals surface area contributed by atoms with Crippen LogP contribution in [0.25, 0.3) is 0 Å². The van der Waals surface area contributed by atoms with Gasteiger partial charge in [0.25, 0.3) is 0 Å². The Kier molecular flexibility index (Phi) is 2.54. The van der Waals surface area contributed by atoms with Crippen LogP contribution in [0.3, 0.4) is 0 Å². The molecule has 2 fully saturated rings. The van der Waals surface area contributed by atoms with Gasteiger partial charge < -0.3 is 5.11 Å². The summed E-state index contributed by atoms with van der Waals surface area (Å²) in [6.45, 7) is 4.15. The first kappa shape index (κ1) is 11.9. The van der Waals surface area contributed by atoms with E-state index in [4.69, 9.17) is 5.26 Å². The highest BCUT2D eigenvalue weighted by molar-refractivity contribution is 9.12. The molecule has 0 heterocycles. The number of nitriles is 1. The van der Waals surface area contributed by atoms with Gasteiger partial charge in [-0.25, -0.2) is 0 Å². The summed E-state index contributed by atoms with van der Waals surface area (Å²) in [6, 6.07) is 2.29. The van der Waals surface area contributed by atoms with Gasteiger partial charge in [0.1, 0.15) is 0 Å². The van der Waals surface area contributed by atoms with Crippen LogP contribution in [0.2, 0.25) is 0 Å². The Morgan fingerprint density at radius 1 is 1.47 bits per heavy atom. The predicted octanol–water partition coefficient (Wildman–Crippen LogP) is 2.98. The Hall–Kier alpha value is 0.410. The van der Waals surface area contributed by atoms with E-state index >= 15 is 0 Å². The first-order valence-electron chi connectivity index (χ1n) is 5.21. The Morgan fingerprint density at radius 3 is 2.47 bits per heavy atom. The summed E-state index contributed by atoms with van der Waals surface area (Å²) < 4.78 is -0.243. The average Bonchev–Trinajstić information content (AvgIpc) is 2.48. The van der Waals surface area contributed by atoms with E-state index < -0.39 is 6.10 Å². The topological polar surface area (TPSA) is 44.0 Å². The molecule has 2 nitrogen and oxygen atoms in total. The van der Waals surface area contributed by atoms with Crippen LogP contribution >= 0.6 is 31.9 Å². The van der Waals surface area contributed by atoms with Gasteiger partial charge in [-0.2, -0.15) is 5.26 Å². The van der Waals surface area contributed by atoms with Gasteiger partial charge in [-0.15, -0.1) is 0 Å². The molecular weight excluding hydrogens is 322 g/mol. The molecule has 0 saturated heterocycles. The molecule has 84 valence electrons. The minimum atomic E-state index is -0.392. The third-order valence-electron chi connectivity index (χ3n) is 4.68. The molecule has 2 rings (SSSR count). The second kappa shape index (κ2) is 3.21. The number of fused-ring (bicyclic) bond motifs is 2. The average molecular weight is 337 g/mol. The number of rotatable bonds is 1. The minimum absolute atomic E-state index is 0.0926. The molecule has 0 aromatic carbocycles. The summed E-state index contributed by atoms with van der Waals surface area (Å²) in [7, 11) is 0. The van der Waals surface area contributed by atoms with Gasteiger partial charge >= 0.3 is 0 Å². The highest BCUT2D eigenvalue weighted by atomic mass is 79.9. The molecule has 0 radical (unpaired) electrons. The quantitative estimate of drug-likeness (QED) is 0.748. The van der Waals surface area contributed by atoms with Crippen molar-refractivity contribution in [3.05, 3.63) is 0 Å². The van der Waals surface area contributed by atoms with E-state index in [2.05, 4.69) is 51.8 Å². The molecular formula is C11H15Br2NO. The second-order valence-corrected chi connectivity index (χ2v) is 7.80. The fourth-order valence-corrected chi connectivity index (χ4v) is 6.14. The summed E-state index contributed by atoms with van der Waals surface area (Å²) >= 11 is 7.40. The molecule has 0 aromatic rings. The fourth-order valence-electron chi connectivity index (χ4n) is 3.47. The molecule has 0 aromatic heterocycles. The Balaban J connectivity index is 2.52. The van der Waals surface area contributed by atoms with E-state index in [0.29, 0.717) is 6.42 Å². The van der Waals surface area contributed by atoms with Gasteiger partial charge in [-0.05, 0) is 18.3 Å². The van der Waals surface area contributed by atoms with Crippen LogP contribution in [0.4, 0.5) is 0 Å². The monoisotopic (exact) mass is 335 g/mol. The van der Waals surface area contributed by atoms with Gasteiger partial charge in [0.05, 0.1) is 16.5 Å². The molecule has 0 amide bonds. The summed E-state index contributed by atoms with van der Waals surface area (Å²) in [5.74, 6) is 0. The Morgan fingerprint density at radius 2 is 2.07 bits per heavy atom. The largest absolute Gasteiger partial charge is 0.391 e. The number of nitrogens with zero attached hydrogens (tertiary/aromatic N) is 1. The van der Waals surface area contributed by atoms with Crippen LogP contribution in [0, 0.1) is 22.2 Å². The van der Waals surface area contributed by atoms with Crippen molar-refractivity contribution in [1.29, 1.82) is 5.26 Å². The van der Waals surface area contributed by atoms with Crippen LogP contribution in [-0.2, 0) is 0 Å². The van der Waals surface area contributed by atoms with E-state index in [-0.39, 0.29) is 20.0 Å². The first-order valence-corrected chi connectivity index (χ1v) is 6.92. The smallest absolute Gasteiger partial charge is 0.0761 e. The van der Waals surface area contributed by atoms with Crippen molar-refractivity contribution in [2.75, 3.05) is 0 Å². The third kappa shape index (κ3) is 1.13. The number of hydrogen-bond acceptors (Lipinski definition) is 2. The molecule has 15 heavy (non-hydrogen) atoms. The maximum atomic E-state index is 10.4. The van der Waals surface area contributed by atoms with E-state index in [1.54, 1.807) is 0 Å². The molecule has 2 saturated carbocycles. The third-order valence-corrected chi connectivity index (χ3v) is 8.27. The number of hydrogen-bond donors (Lipinski definition) is 1. The zero-order valence-corrected chi connectivity index (χ0v) is 12.1. The van der Waals surface area contributed by atoms with Crippen molar-refractivity contribution < 1.29 is 5.11 Å². The van der Waals surface area contributed by atoms with E-state index in [1.807, 2.05) is 0 Å². The second-order valence-electron chi connectivity index (χ2n) is 5.40. The van der Waals surface area contributed by atoms with Crippen LogP contribution in [-0.4, -0.2) is 20.4 Å². The molecule has 0 unspecified atom stereocenters.